The Hall–Kier alpha value is -3.34. The number of nitrogens with one attached hydrogen (secondary N) is 2. The summed E-state index contributed by atoms with van der Waals surface area (Å²) in [6, 6.07) is 3.97. The van der Waals surface area contributed by atoms with Crippen molar-refractivity contribution < 1.29 is 9.21 Å². The molecule has 8 nitrogen and oxygen atoms in total. The zero-order valence-electron chi connectivity index (χ0n) is 15.0. The monoisotopic (exact) mass is 364 g/mol. The molecule has 138 valence electrons. The quantitative estimate of drug-likeness (QED) is 0.736. The van der Waals surface area contributed by atoms with Gasteiger partial charge in [0.1, 0.15) is 18.3 Å². The third-order valence-corrected chi connectivity index (χ3v) is 4.84. The maximum absolute atomic E-state index is 12.2. The summed E-state index contributed by atoms with van der Waals surface area (Å²) in [5.74, 6) is 0.715. The molecule has 8 heteroatoms. The third-order valence-electron chi connectivity index (χ3n) is 4.84. The Balaban J connectivity index is 1.66. The Morgan fingerprint density at radius 2 is 2.37 bits per heavy atom. The minimum Gasteiger partial charge on any atom is -0.444 e. The lowest BCUT2D eigenvalue weighted by atomic mass is 9.95. The van der Waals surface area contributed by atoms with E-state index >= 15 is 0 Å². The molecule has 0 aromatic carbocycles. The van der Waals surface area contributed by atoms with Gasteiger partial charge in [0.15, 0.2) is 0 Å². The van der Waals surface area contributed by atoms with Crippen LogP contribution in [0.3, 0.4) is 0 Å². The van der Waals surface area contributed by atoms with E-state index in [2.05, 4.69) is 27.2 Å². The van der Waals surface area contributed by atoms with Crippen molar-refractivity contribution in [2.24, 2.45) is 5.92 Å². The van der Waals surface area contributed by atoms with E-state index in [1.165, 1.54) is 6.26 Å². The van der Waals surface area contributed by atoms with Crippen molar-refractivity contribution in [3.8, 4) is 17.5 Å². The number of aromatic amines is 1. The molecule has 0 radical (unpaired) electrons. The Labute approximate surface area is 156 Å². The van der Waals surface area contributed by atoms with Crippen LogP contribution in [-0.2, 0) is 4.79 Å². The second kappa shape index (κ2) is 7.11. The number of likely N-dealkylation sites (tertiary alicyclic amines) is 1. The Morgan fingerprint density at radius 3 is 3.15 bits per heavy atom. The number of hydrogen-bond acceptors (Lipinski definition) is 6. The van der Waals surface area contributed by atoms with Gasteiger partial charge in [0.25, 0.3) is 0 Å². The number of nitrogens with zero attached hydrogens (tertiary/aromatic N) is 4. The van der Waals surface area contributed by atoms with Crippen LogP contribution in [0.5, 0.6) is 0 Å². The molecule has 0 aliphatic carbocycles. The summed E-state index contributed by atoms with van der Waals surface area (Å²) in [5.41, 5.74) is 2.43. The summed E-state index contributed by atoms with van der Waals surface area (Å²) in [4.78, 5) is 25.8. The molecule has 0 bridgehead atoms. The molecule has 3 aromatic heterocycles. The summed E-state index contributed by atoms with van der Waals surface area (Å²) < 4.78 is 5.49. The summed E-state index contributed by atoms with van der Waals surface area (Å²) in [6.07, 6.45) is 7.55. The van der Waals surface area contributed by atoms with Gasteiger partial charge in [-0.15, -0.1) is 0 Å². The minimum absolute atomic E-state index is 0.0607. The minimum atomic E-state index is -0.120. The maximum Gasteiger partial charge on any atom is 0.236 e. The highest BCUT2D eigenvalue weighted by atomic mass is 16.3. The highest BCUT2D eigenvalue weighted by Gasteiger charge is 2.29. The second-order valence-corrected chi connectivity index (χ2v) is 6.94. The number of carbonyl (C=O) groups is 1. The number of rotatable bonds is 4. The molecular weight excluding hydrogens is 344 g/mol. The molecule has 3 aromatic rings. The van der Waals surface area contributed by atoms with E-state index in [1.54, 1.807) is 17.3 Å². The van der Waals surface area contributed by atoms with Crippen LogP contribution in [0, 0.1) is 17.2 Å². The van der Waals surface area contributed by atoms with Gasteiger partial charge in [-0.05, 0) is 18.4 Å². The van der Waals surface area contributed by atoms with E-state index in [9.17, 15) is 4.79 Å². The highest BCUT2D eigenvalue weighted by Crippen LogP contribution is 2.34. The fourth-order valence-electron chi connectivity index (χ4n) is 3.73. The molecule has 0 spiro atoms. The van der Waals surface area contributed by atoms with Gasteiger partial charge in [0, 0.05) is 36.9 Å². The summed E-state index contributed by atoms with van der Waals surface area (Å²) in [6.45, 7) is 3.36. The van der Waals surface area contributed by atoms with Gasteiger partial charge in [0.05, 0.1) is 23.5 Å². The van der Waals surface area contributed by atoms with Gasteiger partial charge in [-0.2, -0.15) is 5.26 Å². The lowest BCUT2D eigenvalue weighted by Gasteiger charge is -2.37. The van der Waals surface area contributed by atoms with Gasteiger partial charge >= 0.3 is 0 Å². The first kappa shape index (κ1) is 17.1. The Morgan fingerprint density at radius 1 is 1.48 bits per heavy atom. The molecule has 4 rings (SSSR count). The van der Waals surface area contributed by atoms with Gasteiger partial charge in [-0.3, -0.25) is 4.79 Å². The average Bonchev–Trinajstić information content (AvgIpc) is 3.33. The van der Waals surface area contributed by atoms with Crippen LogP contribution in [-0.4, -0.2) is 44.9 Å². The molecule has 0 saturated carbocycles. The molecule has 2 unspecified atom stereocenters. The van der Waals surface area contributed by atoms with Gasteiger partial charge in [-0.25, -0.2) is 9.97 Å². The third kappa shape index (κ3) is 3.36. The SMILES string of the molecule is CC1CC(Nc2c(-c3ncco3)cnc3[nH]ccc23)CN(C(=O)CC#N)C1. The first-order chi connectivity index (χ1) is 13.2. The number of carbonyl (C=O) groups excluding carboxylic acids is 1. The zero-order valence-corrected chi connectivity index (χ0v) is 15.0. The number of amides is 1. The molecule has 1 saturated heterocycles. The first-order valence-corrected chi connectivity index (χ1v) is 8.93. The van der Waals surface area contributed by atoms with E-state index in [0.29, 0.717) is 24.9 Å². The molecule has 1 amide bonds. The molecule has 1 aliphatic rings. The van der Waals surface area contributed by atoms with Crippen LogP contribution in [0.2, 0.25) is 0 Å². The van der Waals surface area contributed by atoms with Crippen LogP contribution in [0.4, 0.5) is 5.69 Å². The van der Waals surface area contributed by atoms with Crippen molar-refractivity contribution in [3.63, 3.8) is 0 Å². The number of hydrogen-bond donors (Lipinski definition) is 2. The fraction of sp³-hybridized carbons (Fsp3) is 0.368. The number of anilines is 1. The van der Waals surface area contributed by atoms with E-state index in [1.807, 2.05) is 18.3 Å². The summed E-state index contributed by atoms with van der Waals surface area (Å²) in [7, 11) is 0. The van der Waals surface area contributed by atoms with Crippen LogP contribution >= 0.6 is 0 Å². The van der Waals surface area contributed by atoms with Crippen molar-refractivity contribution in [3.05, 3.63) is 30.9 Å². The van der Waals surface area contributed by atoms with Crippen molar-refractivity contribution in [1.82, 2.24) is 19.9 Å². The van der Waals surface area contributed by atoms with Gasteiger partial charge in [0.2, 0.25) is 11.8 Å². The Kier molecular flexibility index (Phi) is 4.50. The first-order valence-electron chi connectivity index (χ1n) is 8.93. The number of nitriles is 1. The van der Waals surface area contributed by atoms with Crippen molar-refractivity contribution >= 4 is 22.6 Å². The van der Waals surface area contributed by atoms with Crippen molar-refractivity contribution in [2.75, 3.05) is 18.4 Å². The average molecular weight is 364 g/mol. The summed E-state index contributed by atoms with van der Waals surface area (Å²) in [5, 5.41) is 13.4. The highest BCUT2D eigenvalue weighted by molar-refractivity contribution is 5.97. The number of pyridine rings is 1. The molecule has 2 atom stereocenters. The number of oxazole rings is 1. The van der Waals surface area contributed by atoms with Crippen LogP contribution < -0.4 is 5.32 Å². The zero-order chi connectivity index (χ0) is 18.8. The lowest BCUT2D eigenvalue weighted by Crippen LogP contribution is -2.48. The predicted molar refractivity (Wildman–Crippen MR) is 99.6 cm³/mol. The number of H-pyrrole nitrogens is 1. The van der Waals surface area contributed by atoms with E-state index in [-0.39, 0.29) is 18.4 Å². The van der Waals surface area contributed by atoms with E-state index < -0.39 is 0 Å². The topological polar surface area (TPSA) is 111 Å². The van der Waals surface area contributed by atoms with E-state index in [4.69, 9.17) is 9.68 Å². The normalized spacial score (nSPS) is 19.8. The maximum atomic E-state index is 12.2. The van der Waals surface area contributed by atoms with E-state index in [0.717, 1.165) is 28.7 Å². The largest absolute Gasteiger partial charge is 0.444 e. The number of fused-ring (bicyclic) bond motifs is 1. The van der Waals surface area contributed by atoms with Crippen molar-refractivity contribution in [1.29, 1.82) is 5.26 Å². The summed E-state index contributed by atoms with van der Waals surface area (Å²) >= 11 is 0. The van der Waals surface area contributed by atoms with Gasteiger partial charge < -0.3 is 19.6 Å². The molecular formula is C19H20N6O2. The predicted octanol–water partition coefficient (Wildman–Crippen LogP) is 2.78. The van der Waals surface area contributed by atoms with Crippen LogP contribution in [0.15, 0.2) is 35.3 Å². The van der Waals surface area contributed by atoms with Crippen LogP contribution in [0.25, 0.3) is 22.5 Å². The van der Waals surface area contributed by atoms with Crippen LogP contribution in [0.1, 0.15) is 19.8 Å². The molecule has 1 aliphatic heterocycles. The Bertz CT molecular complexity index is 987. The second-order valence-electron chi connectivity index (χ2n) is 6.94. The standard InChI is InChI=1S/C19H20N6O2/c1-12-8-13(11-25(10-12)16(26)2-4-20)24-17-14-3-5-21-18(14)23-9-15(17)19-22-6-7-27-19/h3,5-7,9,12-13H,2,8,10-11H2,1H3,(H2,21,23,24). The van der Waals surface area contributed by atoms with Gasteiger partial charge in [-0.1, -0.05) is 6.92 Å². The molecule has 1 fully saturated rings. The smallest absolute Gasteiger partial charge is 0.236 e. The lowest BCUT2D eigenvalue weighted by molar-refractivity contribution is -0.132. The molecule has 27 heavy (non-hydrogen) atoms. The van der Waals surface area contributed by atoms with Crippen molar-refractivity contribution in [2.45, 2.75) is 25.8 Å². The molecule has 4 heterocycles. The number of aromatic nitrogens is 3. The fourth-order valence-corrected chi connectivity index (χ4v) is 3.73. The molecule has 2 N–H and O–H groups in total. The number of piperidine rings is 1.